The van der Waals surface area contributed by atoms with Crippen molar-refractivity contribution in [3.8, 4) is 0 Å². The molecule has 0 radical (unpaired) electrons. The molecule has 0 aromatic rings. The molecule has 0 saturated carbocycles. The first-order chi connectivity index (χ1) is 8.31. The van der Waals surface area contributed by atoms with Crippen molar-refractivity contribution in [2.24, 2.45) is 5.92 Å². The Kier molecular flexibility index (Phi) is 14.1. The molecule has 0 aliphatic carbocycles. The Balaban J connectivity index is 3.08. The molecule has 0 saturated heterocycles. The fraction of sp³-hybridized carbons (Fsp3) is 1.00. The van der Waals surface area contributed by atoms with Crippen LogP contribution in [0.25, 0.3) is 0 Å². The average Bonchev–Trinajstić information content (AvgIpc) is 2.33. The van der Waals surface area contributed by atoms with E-state index in [9.17, 15) is 0 Å². The molecule has 0 N–H and O–H groups in total. The summed E-state index contributed by atoms with van der Waals surface area (Å²) in [5.41, 5.74) is 0. The zero-order chi connectivity index (χ0) is 12.8. The Morgan fingerprint density at radius 2 is 0.882 bits per heavy atom. The molecule has 0 amide bonds. The van der Waals surface area contributed by atoms with Crippen LogP contribution in [0.3, 0.4) is 0 Å². The van der Waals surface area contributed by atoms with E-state index in [1.54, 1.807) is 0 Å². The van der Waals surface area contributed by atoms with Gasteiger partial charge in [-0.1, -0.05) is 104 Å². The van der Waals surface area contributed by atoms with Crippen LogP contribution in [0.1, 0.15) is 104 Å². The Hall–Kier alpha value is 0. The molecule has 0 aliphatic heterocycles. The summed E-state index contributed by atoms with van der Waals surface area (Å²) in [7, 11) is 0. The zero-order valence-corrected chi connectivity index (χ0v) is 12.8. The predicted molar refractivity (Wildman–Crippen MR) is 80.5 cm³/mol. The molecule has 0 rings (SSSR count). The summed E-state index contributed by atoms with van der Waals surface area (Å²) in [5.74, 6) is 0.975. The number of hydrogen-bond acceptors (Lipinski definition) is 0. The predicted octanol–water partition coefficient (Wildman–Crippen LogP) is 6.73. The molecule has 0 fully saturated rings. The maximum absolute atomic E-state index is 2.45. The Morgan fingerprint density at radius 3 is 1.35 bits per heavy atom. The highest BCUT2D eigenvalue weighted by atomic mass is 14.1. The van der Waals surface area contributed by atoms with E-state index in [2.05, 4.69) is 20.8 Å². The number of hydrogen-bond donors (Lipinski definition) is 0. The highest BCUT2D eigenvalue weighted by Gasteiger charge is 2.01. The van der Waals surface area contributed by atoms with Crippen LogP contribution in [0.15, 0.2) is 0 Å². The van der Waals surface area contributed by atoms with Crippen LogP contribution in [0.2, 0.25) is 0 Å². The maximum Gasteiger partial charge on any atom is -0.0443 e. The van der Waals surface area contributed by atoms with Gasteiger partial charge in [0.1, 0.15) is 0 Å². The third-order valence-corrected chi connectivity index (χ3v) is 3.85. The van der Waals surface area contributed by atoms with Crippen LogP contribution in [-0.2, 0) is 0 Å². The normalized spacial score (nSPS) is 12.9. The molecule has 17 heavy (non-hydrogen) atoms. The van der Waals surface area contributed by atoms with Crippen molar-refractivity contribution in [2.75, 3.05) is 0 Å². The Labute approximate surface area is 111 Å². The van der Waals surface area contributed by atoms with E-state index in [0.29, 0.717) is 0 Å². The van der Waals surface area contributed by atoms with Gasteiger partial charge in [-0.05, 0) is 5.92 Å². The first-order valence-electron chi connectivity index (χ1n) is 8.31. The van der Waals surface area contributed by atoms with Crippen molar-refractivity contribution in [3.63, 3.8) is 0 Å². The molecule has 0 unspecified atom stereocenters. The molecule has 0 aromatic carbocycles. The van der Waals surface area contributed by atoms with Gasteiger partial charge in [0, 0.05) is 0 Å². The minimum Gasteiger partial charge on any atom is -0.0654 e. The van der Waals surface area contributed by atoms with Gasteiger partial charge in [-0.15, -0.1) is 0 Å². The quantitative estimate of drug-likeness (QED) is 0.313. The van der Waals surface area contributed by atoms with Crippen molar-refractivity contribution in [1.29, 1.82) is 0 Å². The second kappa shape index (κ2) is 14.1. The van der Waals surface area contributed by atoms with Crippen molar-refractivity contribution in [3.05, 3.63) is 0 Å². The Morgan fingerprint density at radius 1 is 0.529 bits per heavy atom. The van der Waals surface area contributed by atoms with E-state index >= 15 is 0 Å². The third kappa shape index (κ3) is 13.9. The highest BCUT2D eigenvalue weighted by Crippen LogP contribution is 2.17. The summed E-state index contributed by atoms with van der Waals surface area (Å²) >= 11 is 0. The van der Waals surface area contributed by atoms with Gasteiger partial charge in [-0.25, -0.2) is 0 Å². The lowest BCUT2D eigenvalue weighted by atomic mass is 9.96. The van der Waals surface area contributed by atoms with Gasteiger partial charge in [0.25, 0.3) is 0 Å². The van der Waals surface area contributed by atoms with E-state index in [0.717, 1.165) is 5.92 Å². The van der Waals surface area contributed by atoms with E-state index in [4.69, 9.17) is 0 Å². The summed E-state index contributed by atoms with van der Waals surface area (Å²) in [5, 5.41) is 0. The summed E-state index contributed by atoms with van der Waals surface area (Å²) in [6.45, 7) is 7.03. The topological polar surface area (TPSA) is 0 Å². The molecule has 104 valence electrons. The molecule has 0 nitrogen and oxygen atoms in total. The van der Waals surface area contributed by atoms with Gasteiger partial charge >= 0.3 is 0 Å². The zero-order valence-electron chi connectivity index (χ0n) is 12.8. The van der Waals surface area contributed by atoms with Crippen molar-refractivity contribution in [1.82, 2.24) is 0 Å². The lowest BCUT2D eigenvalue weighted by molar-refractivity contribution is 0.433. The molecule has 0 aliphatic rings. The average molecular weight is 240 g/mol. The monoisotopic (exact) mass is 240 g/mol. The first-order valence-corrected chi connectivity index (χ1v) is 8.31. The summed E-state index contributed by atoms with van der Waals surface area (Å²) in [6, 6.07) is 0. The van der Waals surface area contributed by atoms with E-state index in [1.165, 1.54) is 83.5 Å². The summed E-state index contributed by atoms with van der Waals surface area (Å²) in [6.07, 6.45) is 18.8. The molecule has 0 spiro atoms. The lowest BCUT2D eigenvalue weighted by Crippen LogP contribution is -1.95. The van der Waals surface area contributed by atoms with Gasteiger partial charge in [-0.2, -0.15) is 0 Å². The van der Waals surface area contributed by atoms with Crippen LogP contribution in [0, 0.1) is 5.92 Å². The minimum absolute atomic E-state index is 0.975. The molecule has 0 heterocycles. The highest BCUT2D eigenvalue weighted by molar-refractivity contribution is 4.55. The van der Waals surface area contributed by atoms with Crippen molar-refractivity contribution >= 4 is 0 Å². The number of unbranched alkanes of at least 4 members (excludes halogenated alkanes) is 9. The number of rotatable bonds is 13. The second-order valence-electron chi connectivity index (χ2n) is 5.86. The van der Waals surface area contributed by atoms with Crippen LogP contribution in [0.5, 0.6) is 0 Å². The fourth-order valence-electron chi connectivity index (χ4n) is 2.51. The molecule has 0 heteroatoms. The lowest BCUT2D eigenvalue weighted by Gasteiger charge is -2.10. The standard InChI is InChI=1S/C17H36/c1-4-6-8-10-11-12-14-16-17(3)15-13-9-7-5-2/h17H,4-16H2,1-3H3/t17-/m1/s1. The van der Waals surface area contributed by atoms with Gasteiger partial charge in [-0.3, -0.25) is 0 Å². The molecular weight excluding hydrogens is 204 g/mol. The molecule has 0 aromatic heterocycles. The van der Waals surface area contributed by atoms with Gasteiger partial charge in [0.15, 0.2) is 0 Å². The SMILES string of the molecule is CCCCCCCCC[C@H](C)CCCCCC. The van der Waals surface area contributed by atoms with Gasteiger partial charge < -0.3 is 0 Å². The van der Waals surface area contributed by atoms with Gasteiger partial charge in [0.2, 0.25) is 0 Å². The van der Waals surface area contributed by atoms with E-state index < -0.39 is 0 Å². The van der Waals surface area contributed by atoms with Gasteiger partial charge in [0.05, 0.1) is 0 Å². The first kappa shape index (κ1) is 17.0. The largest absolute Gasteiger partial charge is 0.0654 e. The van der Waals surface area contributed by atoms with Crippen molar-refractivity contribution in [2.45, 2.75) is 104 Å². The maximum atomic E-state index is 2.45. The summed E-state index contributed by atoms with van der Waals surface area (Å²) in [4.78, 5) is 0. The minimum atomic E-state index is 0.975. The van der Waals surface area contributed by atoms with Crippen LogP contribution >= 0.6 is 0 Å². The fourth-order valence-corrected chi connectivity index (χ4v) is 2.51. The third-order valence-electron chi connectivity index (χ3n) is 3.85. The van der Waals surface area contributed by atoms with Crippen LogP contribution < -0.4 is 0 Å². The Bertz CT molecular complexity index is 128. The smallest absolute Gasteiger partial charge is 0.0443 e. The van der Waals surface area contributed by atoms with Crippen molar-refractivity contribution < 1.29 is 0 Å². The van der Waals surface area contributed by atoms with E-state index in [-0.39, 0.29) is 0 Å². The molecular formula is C17H36. The molecule has 1 atom stereocenters. The second-order valence-corrected chi connectivity index (χ2v) is 5.86. The van der Waals surface area contributed by atoms with Crippen LogP contribution in [0.4, 0.5) is 0 Å². The van der Waals surface area contributed by atoms with E-state index in [1.807, 2.05) is 0 Å². The van der Waals surface area contributed by atoms with Crippen LogP contribution in [-0.4, -0.2) is 0 Å². The summed E-state index contributed by atoms with van der Waals surface area (Å²) < 4.78 is 0. The molecule has 0 bridgehead atoms.